The van der Waals surface area contributed by atoms with Crippen LogP contribution in [0.1, 0.15) is 65.7 Å². The molecule has 0 heterocycles. The van der Waals surface area contributed by atoms with Gasteiger partial charge in [0.05, 0.1) is 6.42 Å². The lowest BCUT2D eigenvalue weighted by atomic mass is 10.1. The molecular weight excluding hydrogens is 508 g/mol. The summed E-state index contributed by atoms with van der Waals surface area (Å²) in [5.74, 6) is -1.61. The van der Waals surface area contributed by atoms with Crippen molar-refractivity contribution >= 4 is 30.6 Å². The highest BCUT2D eigenvalue weighted by molar-refractivity contribution is 6.99. The van der Waals surface area contributed by atoms with E-state index in [1.54, 1.807) is 6.08 Å². The molecule has 6 nitrogen and oxygen atoms in total. The molecule has 0 bridgehead atoms. The topological polar surface area (TPSA) is 82.1 Å². The van der Waals surface area contributed by atoms with Crippen LogP contribution < -0.4 is 10.4 Å². The number of carboxylic acid groups (broad SMARTS) is 1. The third-order valence-corrected chi connectivity index (χ3v) is 11.6. The van der Waals surface area contributed by atoms with E-state index < -0.39 is 20.3 Å². The number of carbonyl (C=O) groups excluding carboxylic acids is 1. The summed E-state index contributed by atoms with van der Waals surface area (Å²) in [6, 6.07) is 21.4. The first kappa shape index (κ1) is 32.2. The van der Waals surface area contributed by atoms with E-state index in [0.717, 1.165) is 45.1 Å². The van der Waals surface area contributed by atoms with Crippen molar-refractivity contribution in [2.24, 2.45) is 0 Å². The number of ether oxygens (including phenoxy) is 2. The number of rotatable bonds is 17. The fourth-order valence-electron chi connectivity index (χ4n) is 4.76. The molecule has 0 aliphatic carbocycles. The average Bonchev–Trinajstić information content (AvgIpc) is 2.90. The number of methoxy groups -OCH3 is 1. The number of aliphatic carboxylic acids is 1. The van der Waals surface area contributed by atoms with Gasteiger partial charge in [0, 0.05) is 19.8 Å². The Kier molecular flexibility index (Phi) is 13.9. The molecule has 0 amide bonds. The van der Waals surface area contributed by atoms with Gasteiger partial charge in [-0.15, -0.1) is 0 Å². The second-order valence-electron chi connectivity index (χ2n) is 10.6. The van der Waals surface area contributed by atoms with Crippen molar-refractivity contribution in [1.82, 2.24) is 0 Å². The molecule has 39 heavy (non-hydrogen) atoms. The van der Waals surface area contributed by atoms with Gasteiger partial charge < -0.3 is 19.0 Å². The number of benzene rings is 2. The molecule has 0 atom stereocenters. The molecule has 0 saturated heterocycles. The van der Waals surface area contributed by atoms with Crippen LogP contribution in [-0.2, 0) is 23.5 Å². The van der Waals surface area contributed by atoms with Crippen LogP contribution in [0, 0.1) is 0 Å². The van der Waals surface area contributed by atoms with Crippen LogP contribution in [0.15, 0.2) is 84.5 Å². The van der Waals surface area contributed by atoms with Crippen LogP contribution >= 0.6 is 0 Å². The molecule has 7 heteroatoms. The summed E-state index contributed by atoms with van der Waals surface area (Å²) in [6.07, 6.45) is 10.7. The summed E-state index contributed by atoms with van der Waals surface area (Å²) in [4.78, 5) is 22.8. The van der Waals surface area contributed by atoms with Gasteiger partial charge in [0.15, 0.2) is 6.79 Å². The minimum Gasteiger partial charge on any atom is -0.481 e. The van der Waals surface area contributed by atoms with Gasteiger partial charge in [-0.2, -0.15) is 0 Å². The Bertz CT molecular complexity index is 1020. The Morgan fingerprint density at radius 2 is 1.44 bits per heavy atom. The quantitative estimate of drug-likeness (QED) is 0.0647. The molecule has 0 saturated carbocycles. The van der Waals surface area contributed by atoms with E-state index >= 15 is 0 Å². The van der Waals surface area contributed by atoms with Gasteiger partial charge in [-0.05, 0) is 40.2 Å². The Morgan fingerprint density at radius 1 is 0.872 bits per heavy atom. The number of unbranched alkanes of at least 4 members (excludes halogenated alkanes) is 5. The Hall–Kier alpha value is -3.00. The van der Waals surface area contributed by atoms with Gasteiger partial charge in [-0.1, -0.05) is 113 Å². The third kappa shape index (κ3) is 10.6. The number of hydrogen-bond acceptors (Lipinski definition) is 5. The van der Waals surface area contributed by atoms with Crippen LogP contribution in [0.5, 0.6) is 0 Å². The highest BCUT2D eigenvalue weighted by Crippen LogP contribution is 2.36. The Balaban J connectivity index is 1.85. The first-order chi connectivity index (χ1) is 18.7. The lowest BCUT2D eigenvalue weighted by Crippen LogP contribution is -2.66. The zero-order chi connectivity index (χ0) is 28.6. The normalized spacial score (nSPS) is 12.6. The van der Waals surface area contributed by atoms with Crippen molar-refractivity contribution in [2.45, 2.75) is 70.8 Å². The van der Waals surface area contributed by atoms with Gasteiger partial charge >= 0.3 is 11.9 Å². The molecule has 0 fully saturated rings. The number of carboxylic acids is 1. The molecule has 1 N–H and O–H groups in total. The van der Waals surface area contributed by atoms with Crippen molar-refractivity contribution in [3.63, 3.8) is 0 Å². The van der Waals surface area contributed by atoms with Crippen LogP contribution in [0.3, 0.4) is 0 Å². The van der Waals surface area contributed by atoms with E-state index in [-0.39, 0.29) is 18.3 Å². The highest BCUT2D eigenvalue weighted by atomic mass is 28.4. The average molecular weight is 553 g/mol. The van der Waals surface area contributed by atoms with Crippen molar-refractivity contribution in [3.05, 3.63) is 84.5 Å². The molecule has 0 aliphatic heterocycles. The van der Waals surface area contributed by atoms with Crippen molar-refractivity contribution in [3.8, 4) is 0 Å². The molecule has 0 spiro atoms. The number of allylic oxidation sites excluding steroid dienone is 2. The summed E-state index contributed by atoms with van der Waals surface area (Å²) < 4.78 is 16.5. The number of carbonyl (C=O) groups is 2. The predicted octanol–water partition coefficient (Wildman–Crippen LogP) is 6.01. The monoisotopic (exact) mass is 552 g/mol. The molecule has 0 aromatic heterocycles. The molecule has 0 aliphatic rings. The summed E-state index contributed by atoms with van der Waals surface area (Å²) in [7, 11) is -1.06. The van der Waals surface area contributed by atoms with Crippen LogP contribution in [-0.4, -0.2) is 45.9 Å². The third-order valence-electron chi connectivity index (χ3n) is 6.56. The predicted molar refractivity (Wildman–Crippen MR) is 159 cm³/mol. The summed E-state index contributed by atoms with van der Waals surface area (Å²) in [5.41, 5.74) is 0.407. The molecule has 212 valence electrons. The molecule has 2 rings (SSSR count). The largest absolute Gasteiger partial charge is 0.481 e. The van der Waals surface area contributed by atoms with Crippen LogP contribution in [0.2, 0.25) is 5.04 Å². The van der Waals surface area contributed by atoms with Gasteiger partial charge in [0.25, 0.3) is 8.32 Å². The highest BCUT2D eigenvalue weighted by Gasteiger charge is 2.49. The van der Waals surface area contributed by atoms with E-state index in [2.05, 4.69) is 81.4 Å². The molecule has 2 aromatic rings. The van der Waals surface area contributed by atoms with Crippen molar-refractivity contribution in [1.29, 1.82) is 0 Å². The van der Waals surface area contributed by atoms with E-state index in [9.17, 15) is 9.59 Å². The van der Waals surface area contributed by atoms with Gasteiger partial charge in [0.1, 0.15) is 0 Å². The number of esters is 1. The smallest absolute Gasteiger partial charge is 0.333 e. The van der Waals surface area contributed by atoms with Crippen LogP contribution in [0.4, 0.5) is 0 Å². The zero-order valence-electron chi connectivity index (χ0n) is 23.9. The second kappa shape index (κ2) is 16.8. The summed E-state index contributed by atoms with van der Waals surface area (Å²) in [6.45, 7) is 7.46. The van der Waals surface area contributed by atoms with E-state index in [0.29, 0.717) is 5.57 Å². The SMILES string of the molecule is COCOC(=O)/C=C(\C=C\CCCCCCCO[Si](c1ccccc1)(c1ccccc1)C(C)(C)C)CC(=O)O. The van der Waals surface area contributed by atoms with E-state index in [4.69, 9.17) is 19.0 Å². The molecule has 2 aromatic carbocycles. The Morgan fingerprint density at radius 3 is 1.97 bits per heavy atom. The maximum atomic E-state index is 11.7. The number of hydrogen-bond donors (Lipinski definition) is 1. The molecular formula is C32H44O6Si. The fraction of sp³-hybridized carbons (Fsp3) is 0.438. The maximum absolute atomic E-state index is 11.7. The van der Waals surface area contributed by atoms with E-state index in [1.165, 1.54) is 23.6 Å². The van der Waals surface area contributed by atoms with Gasteiger partial charge in [-0.25, -0.2) is 4.79 Å². The summed E-state index contributed by atoms with van der Waals surface area (Å²) in [5, 5.41) is 11.7. The van der Waals surface area contributed by atoms with Crippen LogP contribution in [0.25, 0.3) is 0 Å². The molecule has 0 radical (unpaired) electrons. The summed E-state index contributed by atoms with van der Waals surface area (Å²) >= 11 is 0. The van der Waals surface area contributed by atoms with Crippen molar-refractivity contribution < 1.29 is 28.6 Å². The second-order valence-corrected chi connectivity index (χ2v) is 14.9. The maximum Gasteiger partial charge on any atom is 0.333 e. The van der Waals surface area contributed by atoms with E-state index in [1.807, 2.05) is 6.08 Å². The van der Waals surface area contributed by atoms with Gasteiger partial charge in [-0.3, -0.25) is 4.79 Å². The zero-order valence-corrected chi connectivity index (χ0v) is 24.9. The minimum absolute atomic E-state index is 0.0174. The first-order valence-corrected chi connectivity index (χ1v) is 15.6. The first-order valence-electron chi connectivity index (χ1n) is 13.7. The van der Waals surface area contributed by atoms with Crippen molar-refractivity contribution in [2.75, 3.05) is 20.5 Å². The Labute approximate surface area is 234 Å². The lowest BCUT2D eigenvalue weighted by Gasteiger charge is -2.43. The lowest BCUT2D eigenvalue weighted by molar-refractivity contribution is -0.147. The minimum atomic E-state index is -2.47. The fourth-order valence-corrected chi connectivity index (χ4v) is 9.36. The standard InChI is InChI=1S/C32H44O6Si/c1-32(2,3)39(28-19-13-10-14-20-28,29-21-15-11-16-22-29)38-23-17-9-7-5-6-8-12-18-27(24-30(33)34)25-31(35)37-26-36-4/h10-16,18-22,25H,5-9,17,23-24,26H2,1-4H3,(H,33,34)/b18-12+,27-25+. The van der Waals surface area contributed by atoms with Gasteiger partial charge in [0.2, 0.25) is 0 Å². The molecule has 0 unspecified atom stereocenters.